The highest BCUT2D eigenvalue weighted by atomic mass is 32.2. The van der Waals surface area contributed by atoms with Gasteiger partial charge in [-0.25, -0.2) is 14.1 Å². The molecule has 1 aromatic carbocycles. The highest BCUT2D eigenvalue weighted by Gasteiger charge is 2.22. The van der Waals surface area contributed by atoms with Crippen molar-refractivity contribution in [2.75, 3.05) is 24.7 Å². The topological polar surface area (TPSA) is 106 Å². The third-order valence-corrected chi connectivity index (χ3v) is 6.44. The molecule has 2 heterocycles. The second-order valence-corrected chi connectivity index (χ2v) is 9.83. The minimum atomic E-state index is -0.460. The Balaban J connectivity index is 0.00000178. The number of likely N-dealkylation sites (N-methyl/N-ethyl adjacent to an activating group) is 1. The number of pyridine rings is 1. The molecule has 214 valence electrons. The highest BCUT2D eigenvalue weighted by molar-refractivity contribution is 7.98. The summed E-state index contributed by atoms with van der Waals surface area (Å²) in [7, 11) is 1.74. The molecular weight excluding hydrogens is 527 g/mol. The Labute approximate surface area is 240 Å². The summed E-state index contributed by atoms with van der Waals surface area (Å²) in [5.74, 6) is -0.488. The molecule has 0 aliphatic heterocycles. The maximum atomic E-state index is 13.5. The van der Waals surface area contributed by atoms with Gasteiger partial charge in [-0.2, -0.15) is 5.10 Å². The number of hydrogen-bond donors (Lipinski definition) is 2. The number of thioether (sulfide) groups is 1. The van der Waals surface area contributed by atoms with Crippen molar-refractivity contribution >= 4 is 41.0 Å². The fourth-order valence-corrected chi connectivity index (χ4v) is 4.38. The van der Waals surface area contributed by atoms with E-state index in [1.807, 2.05) is 25.3 Å². The summed E-state index contributed by atoms with van der Waals surface area (Å²) in [6.45, 7) is 11.9. The van der Waals surface area contributed by atoms with E-state index in [0.29, 0.717) is 34.8 Å². The molecule has 1 atom stereocenters. The van der Waals surface area contributed by atoms with Gasteiger partial charge >= 0.3 is 0 Å². The average Bonchev–Trinajstić information content (AvgIpc) is 3.35. The molecule has 3 rings (SSSR count). The van der Waals surface area contributed by atoms with E-state index in [1.54, 1.807) is 54.0 Å². The van der Waals surface area contributed by atoms with Gasteiger partial charge in [0, 0.05) is 18.2 Å². The number of primary amides is 1. The van der Waals surface area contributed by atoms with Crippen LogP contribution < -0.4 is 16.0 Å². The molecule has 0 aliphatic rings. The number of anilines is 1. The van der Waals surface area contributed by atoms with Crippen molar-refractivity contribution in [3.05, 3.63) is 77.9 Å². The molecule has 0 saturated carbocycles. The molecule has 1 unspecified atom stereocenters. The lowest BCUT2D eigenvalue weighted by Gasteiger charge is -2.22. The molecule has 2 aromatic heterocycles. The first-order chi connectivity index (χ1) is 19.1. The van der Waals surface area contributed by atoms with Crippen molar-refractivity contribution in [2.24, 2.45) is 5.73 Å². The molecule has 0 saturated heterocycles. The van der Waals surface area contributed by atoms with Crippen LogP contribution in [0.4, 0.5) is 10.2 Å². The maximum Gasteiger partial charge on any atom is 0.252 e. The summed E-state index contributed by atoms with van der Waals surface area (Å²) in [5.41, 5.74) is 8.53. The summed E-state index contributed by atoms with van der Waals surface area (Å²) >= 11 is 1.47. The minimum Gasteiger partial charge on any atom is -0.368 e. The third-order valence-electron chi connectivity index (χ3n) is 5.81. The van der Waals surface area contributed by atoms with Gasteiger partial charge in [0.15, 0.2) is 0 Å². The number of hydrogen-bond acceptors (Lipinski definition) is 6. The first-order valence-electron chi connectivity index (χ1n) is 13.1. The fourth-order valence-electron chi connectivity index (χ4n) is 3.94. The van der Waals surface area contributed by atoms with E-state index in [0.717, 1.165) is 10.6 Å². The van der Waals surface area contributed by atoms with Gasteiger partial charge in [-0.15, -0.1) is 11.8 Å². The SMILES string of the molecule is C=Cc1c(/C(=C\C)C(=O)NC(CC)c2cc(SC)nc(N(C)CC(N)=O)c2)cnn1-c1ccc(F)cc1.CCC. The summed E-state index contributed by atoms with van der Waals surface area (Å²) in [4.78, 5) is 31.2. The quantitative estimate of drug-likeness (QED) is 0.225. The first kappa shape index (κ1) is 32.3. The number of amides is 2. The lowest BCUT2D eigenvalue weighted by molar-refractivity contribution is -0.117. The van der Waals surface area contributed by atoms with Crippen LogP contribution in [-0.2, 0) is 9.59 Å². The number of allylic oxidation sites excluding steroid dienone is 1. The van der Waals surface area contributed by atoms with E-state index in [2.05, 4.69) is 35.8 Å². The number of nitrogens with one attached hydrogen (secondary N) is 1. The van der Waals surface area contributed by atoms with E-state index < -0.39 is 5.91 Å². The van der Waals surface area contributed by atoms with E-state index in [4.69, 9.17) is 5.73 Å². The van der Waals surface area contributed by atoms with E-state index in [-0.39, 0.29) is 24.3 Å². The summed E-state index contributed by atoms with van der Waals surface area (Å²) in [5, 5.41) is 8.31. The zero-order valence-corrected chi connectivity index (χ0v) is 24.9. The summed E-state index contributed by atoms with van der Waals surface area (Å²) in [6.07, 6.45) is 8.74. The monoisotopic (exact) mass is 566 g/mol. The fraction of sp³-hybridized carbons (Fsp3) is 0.333. The predicted molar refractivity (Wildman–Crippen MR) is 163 cm³/mol. The number of nitrogens with two attached hydrogens (primary N) is 1. The number of aromatic nitrogens is 3. The smallest absolute Gasteiger partial charge is 0.252 e. The van der Waals surface area contributed by atoms with Gasteiger partial charge in [0.2, 0.25) is 5.91 Å². The van der Waals surface area contributed by atoms with Gasteiger partial charge in [-0.3, -0.25) is 9.59 Å². The third kappa shape index (κ3) is 8.29. The second-order valence-electron chi connectivity index (χ2n) is 9.00. The molecule has 0 spiro atoms. The largest absolute Gasteiger partial charge is 0.368 e. The average molecular weight is 567 g/mol. The normalized spacial score (nSPS) is 11.7. The predicted octanol–water partition coefficient (Wildman–Crippen LogP) is 5.78. The van der Waals surface area contributed by atoms with Crippen molar-refractivity contribution < 1.29 is 14.0 Å². The molecule has 3 N–H and O–H groups in total. The number of rotatable bonds is 11. The zero-order chi connectivity index (χ0) is 29.8. The van der Waals surface area contributed by atoms with Crippen LogP contribution in [0, 0.1) is 5.82 Å². The summed E-state index contributed by atoms with van der Waals surface area (Å²) < 4.78 is 15.0. The Hall–Kier alpha value is -3.92. The highest BCUT2D eigenvalue weighted by Crippen LogP contribution is 2.28. The minimum absolute atomic E-state index is 0.0263. The van der Waals surface area contributed by atoms with Crippen LogP contribution in [-0.4, -0.2) is 46.4 Å². The number of benzene rings is 1. The number of halogens is 1. The molecule has 0 fully saturated rings. The number of carbonyl (C=O) groups is 2. The molecule has 0 bridgehead atoms. The van der Waals surface area contributed by atoms with Gasteiger partial charge in [0.1, 0.15) is 11.6 Å². The molecule has 10 heteroatoms. The van der Waals surface area contributed by atoms with E-state index in [9.17, 15) is 14.0 Å². The van der Waals surface area contributed by atoms with Crippen molar-refractivity contribution in [1.29, 1.82) is 0 Å². The Kier molecular flexibility index (Phi) is 12.6. The Bertz CT molecular complexity index is 1340. The van der Waals surface area contributed by atoms with Gasteiger partial charge in [0.25, 0.3) is 5.91 Å². The molecule has 0 radical (unpaired) electrons. The van der Waals surface area contributed by atoms with Crippen LogP contribution in [0.2, 0.25) is 0 Å². The van der Waals surface area contributed by atoms with E-state index >= 15 is 0 Å². The van der Waals surface area contributed by atoms with Crippen LogP contribution in [0.3, 0.4) is 0 Å². The molecule has 3 aromatic rings. The van der Waals surface area contributed by atoms with Crippen molar-refractivity contribution in [1.82, 2.24) is 20.1 Å². The lowest BCUT2D eigenvalue weighted by atomic mass is 10.0. The Morgan fingerprint density at radius 2 is 1.88 bits per heavy atom. The van der Waals surface area contributed by atoms with E-state index in [1.165, 1.54) is 30.3 Å². The number of carbonyl (C=O) groups excluding carboxylic acids is 2. The van der Waals surface area contributed by atoms with Gasteiger partial charge < -0.3 is 16.0 Å². The van der Waals surface area contributed by atoms with Crippen LogP contribution in [0.25, 0.3) is 17.3 Å². The first-order valence-corrected chi connectivity index (χ1v) is 14.4. The second kappa shape index (κ2) is 15.6. The van der Waals surface area contributed by atoms with Gasteiger partial charge in [-0.05, 0) is 67.6 Å². The van der Waals surface area contributed by atoms with Crippen molar-refractivity contribution in [2.45, 2.75) is 51.6 Å². The van der Waals surface area contributed by atoms with Crippen molar-refractivity contribution in [3.63, 3.8) is 0 Å². The molecule has 0 aliphatic carbocycles. The van der Waals surface area contributed by atoms with Crippen molar-refractivity contribution in [3.8, 4) is 5.69 Å². The van der Waals surface area contributed by atoms with Gasteiger partial charge in [0.05, 0.1) is 35.2 Å². The van der Waals surface area contributed by atoms with Crippen LogP contribution in [0.15, 0.2) is 60.3 Å². The molecular formula is C30H39FN6O2S. The lowest BCUT2D eigenvalue weighted by Crippen LogP contribution is -2.32. The Morgan fingerprint density at radius 3 is 2.40 bits per heavy atom. The maximum absolute atomic E-state index is 13.5. The van der Waals surface area contributed by atoms with Crippen LogP contribution in [0.1, 0.15) is 63.4 Å². The van der Waals surface area contributed by atoms with Crippen LogP contribution in [0.5, 0.6) is 0 Å². The molecule has 8 nitrogen and oxygen atoms in total. The van der Waals surface area contributed by atoms with Gasteiger partial charge in [-0.1, -0.05) is 39.8 Å². The standard InChI is InChI=1S/C27H31FN6O2S.C3H8/c1-6-20(21-15-30-34(23(21)8-3)19-11-9-18(28)10-12-19)27(36)31-22(7-2)17-13-25(32-26(14-17)37-5)33(4)16-24(29)35;1-3-2/h6,8-15,22H,3,7,16H2,1-2,4-5H3,(H2,29,35)(H,31,36);3H2,1-2H3/b20-6+;. The molecule has 2 amide bonds. The Morgan fingerprint density at radius 1 is 1.23 bits per heavy atom. The number of nitrogens with zero attached hydrogens (tertiary/aromatic N) is 4. The van der Waals surface area contributed by atoms with Crippen LogP contribution >= 0.6 is 11.8 Å². The molecule has 40 heavy (non-hydrogen) atoms. The summed E-state index contributed by atoms with van der Waals surface area (Å²) in [6, 6.07) is 9.40. The zero-order valence-electron chi connectivity index (χ0n) is 24.1.